The van der Waals surface area contributed by atoms with E-state index in [9.17, 15) is 10.1 Å². The van der Waals surface area contributed by atoms with Crippen molar-refractivity contribution in [3.63, 3.8) is 0 Å². The first kappa shape index (κ1) is 20.2. The fourth-order valence-electron chi connectivity index (χ4n) is 1.80. The van der Waals surface area contributed by atoms with Gasteiger partial charge < -0.3 is 26.0 Å². The SMILES string of the molecule is CN(C)/C=N/c1ccc(NC(=S)NC(C)(C)CNC(=O)O)cc1C#N. The maximum atomic E-state index is 10.6. The van der Waals surface area contributed by atoms with Crippen molar-refractivity contribution >= 4 is 41.1 Å². The van der Waals surface area contributed by atoms with Crippen LogP contribution in [0.1, 0.15) is 19.4 Å². The zero-order valence-corrected chi connectivity index (χ0v) is 15.4. The van der Waals surface area contributed by atoms with Crippen LogP contribution in [0.2, 0.25) is 0 Å². The largest absolute Gasteiger partial charge is 0.465 e. The molecular weight excluding hydrogens is 340 g/mol. The maximum Gasteiger partial charge on any atom is 0.404 e. The highest BCUT2D eigenvalue weighted by Crippen LogP contribution is 2.22. The molecule has 0 bridgehead atoms. The van der Waals surface area contributed by atoms with Gasteiger partial charge in [0, 0.05) is 26.3 Å². The number of carbonyl (C=O) groups is 1. The predicted octanol–water partition coefficient (Wildman–Crippen LogP) is 2.11. The molecule has 0 radical (unpaired) electrons. The number of hydrogen-bond donors (Lipinski definition) is 4. The van der Waals surface area contributed by atoms with E-state index in [-0.39, 0.29) is 6.54 Å². The number of thiocarbonyl (C=S) groups is 1. The molecule has 9 heteroatoms. The van der Waals surface area contributed by atoms with E-state index >= 15 is 0 Å². The molecule has 0 saturated carbocycles. The number of rotatable bonds is 6. The molecule has 1 rings (SSSR count). The number of aliphatic imine (C=N–C) groups is 1. The zero-order valence-electron chi connectivity index (χ0n) is 14.6. The molecule has 0 aliphatic rings. The van der Waals surface area contributed by atoms with Gasteiger partial charge in [-0.25, -0.2) is 9.79 Å². The number of benzene rings is 1. The Morgan fingerprint density at radius 3 is 2.72 bits per heavy atom. The summed E-state index contributed by atoms with van der Waals surface area (Å²) >= 11 is 5.25. The number of nitrogens with one attached hydrogen (secondary N) is 3. The van der Waals surface area contributed by atoms with Gasteiger partial charge in [0.2, 0.25) is 0 Å². The summed E-state index contributed by atoms with van der Waals surface area (Å²) < 4.78 is 0. The standard InChI is InChI=1S/C16H22N6O2S/c1-16(2,9-18-15(23)24)21-14(25)20-12-5-6-13(11(7-12)8-17)19-10-22(3)4/h5-7,10,18H,9H2,1-4H3,(H,23,24)(H2,20,21,25)/b19-10+. The minimum absolute atomic E-state index is 0.186. The minimum Gasteiger partial charge on any atom is -0.465 e. The molecule has 8 nitrogen and oxygen atoms in total. The number of amides is 1. The fourth-order valence-corrected chi connectivity index (χ4v) is 2.20. The second kappa shape index (κ2) is 8.84. The predicted molar refractivity (Wildman–Crippen MR) is 102 cm³/mol. The van der Waals surface area contributed by atoms with Crippen LogP contribution in [0.25, 0.3) is 0 Å². The van der Waals surface area contributed by atoms with Crippen LogP contribution in [-0.4, -0.2) is 53.7 Å². The summed E-state index contributed by atoms with van der Waals surface area (Å²) in [6.45, 7) is 3.82. The number of anilines is 1. The highest BCUT2D eigenvalue weighted by atomic mass is 32.1. The van der Waals surface area contributed by atoms with Crippen LogP contribution in [0.15, 0.2) is 23.2 Å². The molecule has 1 aromatic carbocycles. The zero-order chi connectivity index (χ0) is 19.0. The second-order valence-electron chi connectivity index (χ2n) is 6.17. The van der Waals surface area contributed by atoms with Crippen LogP contribution >= 0.6 is 12.2 Å². The van der Waals surface area contributed by atoms with Crippen molar-refractivity contribution in [2.45, 2.75) is 19.4 Å². The van der Waals surface area contributed by atoms with Crippen LogP contribution in [-0.2, 0) is 0 Å². The van der Waals surface area contributed by atoms with E-state index < -0.39 is 11.6 Å². The molecular formula is C16H22N6O2S. The Labute approximate surface area is 152 Å². The van der Waals surface area contributed by atoms with Crippen LogP contribution in [0, 0.1) is 11.3 Å². The summed E-state index contributed by atoms with van der Waals surface area (Å²) in [6, 6.07) is 7.24. The molecule has 0 spiro atoms. The molecule has 0 unspecified atom stereocenters. The van der Waals surface area contributed by atoms with Crippen molar-refractivity contribution in [2.75, 3.05) is 26.0 Å². The Morgan fingerprint density at radius 2 is 2.16 bits per heavy atom. The topological polar surface area (TPSA) is 113 Å². The quantitative estimate of drug-likeness (QED) is 0.348. The molecule has 0 atom stereocenters. The van der Waals surface area contributed by atoms with Gasteiger partial charge in [-0.05, 0) is 44.3 Å². The molecule has 25 heavy (non-hydrogen) atoms. The highest BCUT2D eigenvalue weighted by Gasteiger charge is 2.19. The Hall–Kier alpha value is -2.86. The van der Waals surface area contributed by atoms with E-state index in [0.717, 1.165) is 0 Å². The summed E-state index contributed by atoms with van der Waals surface area (Å²) in [7, 11) is 3.69. The molecule has 0 saturated heterocycles. The third-order valence-electron chi connectivity index (χ3n) is 2.94. The van der Waals surface area contributed by atoms with E-state index in [1.54, 1.807) is 29.4 Å². The van der Waals surface area contributed by atoms with Gasteiger partial charge in [0.05, 0.1) is 23.1 Å². The van der Waals surface area contributed by atoms with Gasteiger partial charge in [0.1, 0.15) is 6.07 Å². The average molecular weight is 362 g/mol. The third kappa shape index (κ3) is 7.50. The minimum atomic E-state index is -1.10. The molecule has 0 aliphatic carbocycles. The second-order valence-corrected chi connectivity index (χ2v) is 6.58. The first-order valence-corrected chi connectivity index (χ1v) is 7.84. The molecule has 1 aromatic rings. The van der Waals surface area contributed by atoms with Crippen molar-refractivity contribution in [3.8, 4) is 6.07 Å². The lowest BCUT2D eigenvalue weighted by Crippen LogP contribution is -2.52. The van der Waals surface area contributed by atoms with E-state index in [1.165, 1.54) is 0 Å². The van der Waals surface area contributed by atoms with Crippen LogP contribution in [0.4, 0.5) is 16.2 Å². The van der Waals surface area contributed by atoms with E-state index in [1.807, 2.05) is 27.9 Å². The van der Waals surface area contributed by atoms with E-state index in [2.05, 4.69) is 27.0 Å². The summed E-state index contributed by atoms with van der Waals surface area (Å²) in [6.07, 6.45) is 0.522. The van der Waals surface area contributed by atoms with Crippen molar-refractivity contribution in [2.24, 2.45) is 4.99 Å². The molecule has 134 valence electrons. The van der Waals surface area contributed by atoms with Gasteiger partial charge in [-0.3, -0.25) is 0 Å². The lowest BCUT2D eigenvalue weighted by atomic mass is 10.1. The monoisotopic (exact) mass is 362 g/mol. The normalized spacial score (nSPS) is 10.8. The van der Waals surface area contributed by atoms with Crippen molar-refractivity contribution < 1.29 is 9.90 Å². The molecule has 0 fully saturated rings. The Balaban J connectivity index is 2.78. The molecule has 0 heterocycles. The van der Waals surface area contributed by atoms with Gasteiger partial charge >= 0.3 is 6.09 Å². The number of nitrogens with zero attached hydrogens (tertiary/aromatic N) is 3. The Bertz CT molecular complexity index is 709. The van der Waals surface area contributed by atoms with Gasteiger partial charge in [-0.1, -0.05) is 0 Å². The summed E-state index contributed by atoms with van der Waals surface area (Å²) in [4.78, 5) is 16.6. The van der Waals surface area contributed by atoms with E-state index in [4.69, 9.17) is 17.3 Å². The molecule has 4 N–H and O–H groups in total. The number of hydrogen-bond acceptors (Lipinski definition) is 4. The average Bonchev–Trinajstić information content (AvgIpc) is 2.51. The van der Waals surface area contributed by atoms with Crippen molar-refractivity contribution in [1.82, 2.24) is 15.5 Å². The molecule has 0 aromatic heterocycles. The first-order valence-electron chi connectivity index (χ1n) is 7.44. The third-order valence-corrected chi connectivity index (χ3v) is 3.14. The van der Waals surface area contributed by atoms with E-state index in [0.29, 0.717) is 22.1 Å². The fraction of sp³-hybridized carbons (Fsp3) is 0.375. The van der Waals surface area contributed by atoms with Crippen molar-refractivity contribution in [1.29, 1.82) is 5.26 Å². The summed E-state index contributed by atoms with van der Waals surface area (Å²) in [5, 5.41) is 26.6. The van der Waals surface area contributed by atoms with Crippen LogP contribution in [0.5, 0.6) is 0 Å². The maximum absolute atomic E-state index is 10.6. The van der Waals surface area contributed by atoms with Gasteiger partial charge in [0.15, 0.2) is 5.11 Å². The lowest BCUT2D eigenvalue weighted by Gasteiger charge is -2.27. The van der Waals surface area contributed by atoms with Gasteiger partial charge in [-0.15, -0.1) is 0 Å². The number of nitriles is 1. The smallest absolute Gasteiger partial charge is 0.404 e. The molecule has 1 amide bonds. The van der Waals surface area contributed by atoms with Crippen LogP contribution in [0.3, 0.4) is 0 Å². The van der Waals surface area contributed by atoms with Gasteiger partial charge in [0.25, 0.3) is 0 Å². The first-order chi connectivity index (χ1) is 11.6. The number of carboxylic acid groups (broad SMARTS) is 1. The lowest BCUT2D eigenvalue weighted by molar-refractivity contribution is 0.191. The Kier molecular flexibility index (Phi) is 7.14. The summed E-state index contributed by atoms with van der Waals surface area (Å²) in [5.41, 5.74) is 1.04. The molecule has 0 aliphatic heterocycles. The Morgan fingerprint density at radius 1 is 1.48 bits per heavy atom. The highest BCUT2D eigenvalue weighted by molar-refractivity contribution is 7.80. The summed E-state index contributed by atoms with van der Waals surface area (Å²) in [5.74, 6) is 0. The van der Waals surface area contributed by atoms with Gasteiger partial charge in [-0.2, -0.15) is 5.26 Å². The van der Waals surface area contributed by atoms with Crippen molar-refractivity contribution in [3.05, 3.63) is 23.8 Å². The van der Waals surface area contributed by atoms with Crippen LogP contribution < -0.4 is 16.0 Å².